The molecule has 2 bridgehead atoms. The predicted molar refractivity (Wildman–Crippen MR) is 112 cm³/mol. The van der Waals surface area contributed by atoms with Gasteiger partial charge in [0.1, 0.15) is 0 Å². The highest BCUT2D eigenvalue weighted by molar-refractivity contribution is 5.77. The fraction of sp³-hybridized carbons (Fsp3) is 0.333. The highest BCUT2D eigenvalue weighted by Crippen LogP contribution is 2.35. The molecule has 4 heterocycles. The van der Waals surface area contributed by atoms with Crippen LogP contribution >= 0.6 is 0 Å². The quantitative estimate of drug-likeness (QED) is 0.690. The molecule has 0 aliphatic carbocycles. The second-order valence-corrected chi connectivity index (χ2v) is 8.26. The van der Waals surface area contributed by atoms with Crippen LogP contribution in [0.25, 0.3) is 0 Å². The van der Waals surface area contributed by atoms with E-state index in [1.165, 1.54) is 0 Å². The molecule has 0 spiro atoms. The second kappa shape index (κ2) is 7.39. The molecule has 1 amide bonds. The number of hydrogen-bond donors (Lipinski definition) is 0. The Morgan fingerprint density at radius 3 is 2.52 bits per heavy atom. The number of hydrogen-bond acceptors (Lipinski definition) is 2. The number of benzene rings is 1. The number of likely N-dealkylation sites (tertiary alicyclic amines) is 1. The number of nitrogens with zero attached hydrogens (tertiary/aromatic N) is 3. The summed E-state index contributed by atoms with van der Waals surface area (Å²) in [5, 5.41) is 0. The van der Waals surface area contributed by atoms with E-state index in [1.807, 2.05) is 64.3 Å². The van der Waals surface area contributed by atoms with Gasteiger partial charge < -0.3 is 14.0 Å². The van der Waals surface area contributed by atoms with E-state index < -0.39 is 0 Å². The third kappa shape index (κ3) is 3.41. The van der Waals surface area contributed by atoms with Crippen molar-refractivity contribution in [2.45, 2.75) is 31.3 Å². The summed E-state index contributed by atoms with van der Waals surface area (Å²) in [6.45, 7) is 2.16. The van der Waals surface area contributed by atoms with Crippen LogP contribution in [-0.2, 0) is 11.3 Å². The Labute approximate surface area is 170 Å². The molecule has 1 fully saturated rings. The van der Waals surface area contributed by atoms with Crippen LogP contribution in [0.4, 0.5) is 0 Å². The van der Waals surface area contributed by atoms with E-state index in [-0.39, 0.29) is 23.4 Å². The van der Waals surface area contributed by atoms with Gasteiger partial charge in [-0.3, -0.25) is 9.59 Å². The van der Waals surface area contributed by atoms with E-state index >= 15 is 0 Å². The third-order valence-corrected chi connectivity index (χ3v) is 6.37. The number of amides is 1. The third-order valence-electron chi connectivity index (χ3n) is 6.37. The summed E-state index contributed by atoms with van der Waals surface area (Å²) >= 11 is 0. The van der Waals surface area contributed by atoms with Crippen LogP contribution in [0, 0.1) is 5.92 Å². The first-order chi connectivity index (χ1) is 14.2. The molecule has 5 nitrogen and oxygen atoms in total. The maximum atomic E-state index is 13.3. The molecule has 2 aliphatic rings. The van der Waals surface area contributed by atoms with Gasteiger partial charge in [0.15, 0.2) is 0 Å². The first-order valence-electron chi connectivity index (χ1n) is 10.3. The van der Waals surface area contributed by atoms with Gasteiger partial charge in [0.05, 0.1) is 12.5 Å². The first-order valence-corrected chi connectivity index (χ1v) is 10.3. The Morgan fingerprint density at radius 1 is 0.931 bits per heavy atom. The number of carbonyl (C=O) groups is 1. The van der Waals surface area contributed by atoms with Gasteiger partial charge in [-0.2, -0.15) is 0 Å². The zero-order valence-corrected chi connectivity index (χ0v) is 16.4. The number of aromatic nitrogens is 2. The fourth-order valence-corrected chi connectivity index (χ4v) is 5.02. The Balaban J connectivity index is 1.38. The van der Waals surface area contributed by atoms with Gasteiger partial charge in [-0.05, 0) is 36.1 Å². The van der Waals surface area contributed by atoms with Gasteiger partial charge >= 0.3 is 0 Å². The van der Waals surface area contributed by atoms with Crippen molar-refractivity contribution in [3.8, 4) is 0 Å². The van der Waals surface area contributed by atoms with Gasteiger partial charge in [0, 0.05) is 49.7 Å². The molecule has 5 heteroatoms. The lowest BCUT2D eigenvalue weighted by Gasteiger charge is -2.43. The summed E-state index contributed by atoms with van der Waals surface area (Å²) in [6, 6.07) is 19.7. The van der Waals surface area contributed by atoms with E-state index in [2.05, 4.69) is 16.7 Å². The maximum Gasteiger partial charge on any atom is 0.250 e. The molecule has 2 aliphatic heterocycles. The fourth-order valence-electron chi connectivity index (χ4n) is 5.02. The Kier molecular flexibility index (Phi) is 4.58. The normalized spacial score (nSPS) is 21.4. The Bertz CT molecular complexity index is 1060. The minimum atomic E-state index is -0.00428. The number of fused-ring (bicyclic) bond motifs is 4. The van der Waals surface area contributed by atoms with Gasteiger partial charge in [-0.1, -0.05) is 36.4 Å². The highest BCUT2D eigenvalue weighted by atomic mass is 16.2. The summed E-state index contributed by atoms with van der Waals surface area (Å²) in [6.07, 6.45) is 5.56. The van der Waals surface area contributed by atoms with Crippen LogP contribution in [-0.4, -0.2) is 33.0 Å². The standard InChI is InChI=1S/C24H25N3O2/c28-23-10-6-9-21-20-13-18(16-27(21)23)15-26(17-20)24(29)14-22(25-11-4-5-12-25)19-7-2-1-3-8-19/h1-12,18,20,22H,13-17H2/t18-,20+,22?/m1/s1. The van der Waals surface area contributed by atoms with E-state index in [0.29, 0.717) is 18.9 Å². The van der Waals surface area contributed by atoms with Crippen LogP contribution in [0.1, 0.15) is 36.1 Å². The summed E-state index contributed by atoms with van der Waals surface area (Å²) in [5.41, 5.74) is 2.30. The van der Waals surface area contributed by atoms with E-state index in [9.17, 15) is 9.59 Å². The van der Waals surface area contributed by atoms with Crippen molar-refractivity contribution >= 4 is 5.91 Å². The molecule has 0 radical (unpaired) electrons. The maximum absolute atomic E-state index is 13.3. The van der Waals surface area contributed by atoms with Crippen LogP contribution in [0.5, 0.6) is 0 Å². The smallest absolute Gasteiger partial charge is 0.250 e. The monoisotopic (exact) mass is 387 g/mol. The minimum Gasteiger partial charge on any atom is -0.346 e. The van der Waals surface area contributed by atoms with Crippen molar-refractivity contribution in [2.24, 2.45) is 5.92 Å². The molecule has 0 N–H and O–H groups in total. The van der Waals surface area contributed by atoms with Crippen molar-refractivity contribution in [1.29, 1.82) is 0 Å². The summed E-state index contributed by atoms with van der Waals surface area (Å²) in [7, 11) is 0. The van der Waals surface area contributed by atoms with Crippen molar-refractivity contribution < 1.29 is 4.79 Å². The zero-order valence-electron chi connectivity index (χ0n) is 16.4. The van der Waals surface area contributed by atoms with Gasteiger partial charge in [0.2, 0.25) is 5.91 Å². The molecule has 1 aromatic carbocycles. The summed E-state index contributed by atoms with van der Waals surface area (Å²) in [5.74, 6) is 0.795. The molecule has 148 valence electrons. The average Bonchev–Trinajstić information content (AvgIpc) is 3.28. The Hall–Kier alpha value is -3.08. The lowest BCUT2D eigenvalue weighted by molar-refractivity contribution is -0.134. The van der Waals surface area contributed by atoms with Crippen LogP contribution in [0.15, 0.2) is 77.9 Å². The predicted octanol–water partition coefficient (Wildman–Crippen LogP) is 3.28. The van der Waals surface area contributed by atoms with Gasteiger partial charge in [0.25, 0.3) is 5.56 Å². The summed E-state index contributed by atoms with van der Waals surface area (Å²) in [4.78, 5) is 27.6. The molecule has 29 heavy (non-hydrogen) atoms. The molecule has 1 saturated heterocycles. The second-order valence-electron chi connectivity index (χ2n) is 8.26. The number of piperidine rings is 1. The molecular weight excluding hydrogens is 362 g/mol. The zero-order chi connectivity index (χ0) is 19.8. The highest BCUT2D eigenvalue weighted by Gasteiger charge is 2.36. The number of rotatable bonds is 4. The molecule has 0 saturated carbocycles. The molecule has 5 rings (SSSR count). The first kappa shape index (κ1) is 18.0. The van der Waals surface area contributed by atoms with Crippen molar-refractivity contribution in [1.82, 2.24) is 14.0 Å². The largest absolute Gasteiger partial charge is 0.346 e. The van der Waals surface area contributed by atoms with Crippen molar-refractivity contribution in [3.05, 3.63) is 94.7 Å². The molecule has 2 aromatic heterocycles. The SMILES string of the molecule is O=C(CC(c1ccccc1)n1cccc1)N1C[C@H]2C[C@@H](C1)c1cccc(=O)n1C2. The summed E-state index contributed by atoms with van der Waals surface area (Å²) < 4.78 is 4.03. The van der Waals surface area contributed by atoms with Crippen molar-refractivity contribution in [3.63, 3.8) is 0 Å². The van der Waals surface area contributed by atoms with E-state index in [4.69, 9.17) is 0 Å². The molecule has 1 unspecified atom stereocenters. The van der Waals surface area contributed by atoms with Crippen LogP contribution in [0.3, 0.4) is 0 Å². The topological polar surface area (TPSA) is 47.2 Å². The molecule has 3 aromatic rings. The van der Waals surface area contributed by atoms with E-state index in [1.54, 1.807) is 6.07 Å². The molecular formula is C24H25N3O2. The van der Waals surface area contributed by atoms with Gasteiger partial charge in [-0.15, -0.1) is 0 Å². The lowest BCUT2D eigenvalue weighted by Crippen LogP contribution is -2.49. The number of carbonyl (C=O) groups excluding carboxylic acids is 1. The Morgan fingerprint density at radius 2 is 1.72 bits per heavy atom. The minimum absolute atomic E-state index is 0.00428. The lowest BCUT2D eigenvalue weighted by atomic mass is 9.83. The average molecular weight is 387 g/mol. The van der Waals surface area contributed by atoms with Crippen molar-refractivity contribution in [2.75, 3.05) is 13.1 Å². The van der Waals surface area contributed by atoms with Crippen LogP contribution < -0.4 is 5.56 Å². The van der Waals surface area contributed by atoms with E-state index in [0.717, 1.165) is 30.8 Å². The van der Waals surface area contributed by atoms with Crippen LogP contribution in [0.2, 0.25) is 0 Å². The number of pyridine rings is 1. The molecule has 3 atom stereocenters. The van der Waals surface area contributed by atoms with Gasteiger partial charge in [-0.25, -0.2) is 0 Å².